The first-order valence-electron chi connectivity index (χ1n) is 20.7. The first-order valence-corrected chi connectivity index (χ1v) is 22.3. The molecule has 79 heavy (non-hydrogen) atoms. The molecule has 0 radical (unpaired) electrons. The first-order chi connectivity index (χ1) is 37.1. The zero-order valence-electron chi connectivity index (χ0n) is 37.3. The van der Waals surface area contributed by atoms with Gasteiger partial charge in [-0.3, -0.25) is 0 Å². The van der Waals surface area contributed by atoms with E-state index in [1.807, 2.05) is 0 Å². The fourth-order valence-corrected chi connectivity index (χ4v) is 10.3. The molecule has 0 aromatic heterocycles. The summed E-state index contributed by atoms with van der Waals surface area (Å²) in [7, 11) is -4.34. The average Bonchev–Trinajstić information content (AvgIpc) is 3.57. The van der Waals surface area contributed by atoms with E-state index in [2.05, 4.69) is 0 Å². The Kier molecular flexibility index (Phi) is 15.0. The number of rotatable bonds is 12. The second kappa shape index (κ2) is 21.0. The highest BCUT2D eigenvalue weighted by atomic mass is 32.3. The minimum Gasteiger partial charge on any atom is -0.447 e. The lowest BCUT2D eigenvalue weighted by Crippen LogP contribution is -2.17. The monoisotopic (exact) mass is 1160 g/mol. The standard InChI is InChI=1S/C50H15F23O5S/c51-24-23(25(52)27(54)28(55)26(24)53)22-20(49(74)78-79(17-7-3-1-4-8-17,18-9-5-2-6-10-18)19-13-11-16(12-14-19)50(71,72)73)15-21(75-46-38(65)32(59)29(56)33(60)39(46)66)44(76-47-40(67)34(61)30(57)35(62)41(47)68)45(22)77-48-42(69)36(63)31(58)37(64)43(48)70/h1-15H. The van der Waals surface area contributed by atoms with Crippen LogP contribution in [0.15, 0.2) is 106 Å². The molecule has 0 N–H and O–H groups in total. The van der Waals surface area contributed by atoms with Gasteiger partial charge in [-0.25, -0.2) is 66.3 Å². The van der Waals surface area contributed by atoms with Crippen molar-refractivity contribution in [1.82, 2.24) is 0 Å². The summed E-state index contributed by atoms with van der Waals surface area (Å²) in [5.74, 6) is -81.9. The Labute approximate surface area is 424 Å². The topological polar surface area (TPSA) is 54.0 Å². The van der Waals surface area contributed by atoms with Crippen LogP contribution in [-0.4, -0.2) is 5.97 Å². The Morgan fingerprint density at radius 1 is 0.329 bits per heavy atom. The first kappa shape index (κ1) is 56.6. The molecule has 8 aromatic rings. The van der Waals surface area contributed by atoms with E-state index < -0.39 is 207 Å². The molecule has 0 aliphatic rings. The molecule has 0 saturated heterocycles. The van der Waals surface area contributed by atoms with Crippen molar-refractivity contribution < 1.29 is 124 Å². The normalized spacial score (nSPS) is 12.0. The Balaban J connectivity index is 1.62. The van der Waals surface area contributed by atoms with Gasteiger partial charge in [0.1, 0.15) is 0 Å². The van der Waals surface area contributed by atoms with E-state index in [0.29, 0.717) is 24.3 Å². The Morgan fingerprint density at radius 2 is 0.633 bits per heavy atom. The SMILES string of the molecule is O=C(OS(c1ccccc1)(c1ccccc1)c1ccc(C(F)(F)F)cc1)c1cc(Oc2c(F)c(F)c(F)c(F)c2F)c(Oc2c(F)c(F)c(F)c(F)c2F)c(Oc2c(F)c(F)c(F)c(F)c2F)c1-c1c(F)c(F)c(F)c(F)c1F. The largest absolute Gasteiger partial charge is 0.447 e. The third-order valence-electron chi connectivity index (χ3n) is 10.9. The zero-order chi connectivity index (χ0) is 58.1. The van der Waals surface area contributed by atoms with E-state index >= 15 is 48.7 Å². The van der Waals surface area contributed by atoms with Crippen molar-refractivity contribution in [2.24, 2.45) is 0 Å². The van der Waals surface area contributed by atoms with Crippen LogP contribution < -0.4 is 14.2 Å². The highest BCUT2D eigenvalue weighted by Crippen LogP contribution is 2.70. The molecule has 0 atom stereocenters. The number of carbonyl (C=O) groups is 1. The fourth-order valence-electron chi connectivity index (χ4n) is 7.23. The zero-order valence-corrected chi connectivity index (χ0v) is 38.1. The van der Waals surface area contributed by atoms with Gasteiger partial charge in [-0.15, -0.1) is 0 Å². The summed E-state index contributed by atoms with van der Waals surface area (Å²) in [4.78, 5) is 14.2. The number of alkyl halides is 3. The van der Waals surface area contributed by atoms with E-state index in [9.17, 15) is 57.1 Å². The fraction of sp³-hybridized carbons (Fsp3) is 0.0200. The molecular weight excluding hydrogens is 1150 g/mol. The lowest BCUT2D eigenvalue weighted by atomic mass is 9.95. The van der Waals surface area contributed by atoms with Gasteiger partial charge in [0.05, 0.1) is 16.7 Å². The molecule has 0 fully saturated rings. The molecule has 8 rings (SSSR count). The molecule has 0 bridgehead atoms. The van der Waals surface area contributed by atoms with Crippen LogP contribution in [0, 0.1) is 116 Å². The molecule has 0 spiro atoms. The minimum atomic E-state index is -5.12. The second-order valence-corrected chi connectivity index (χ2v) is 18.2. The third kappa shape index (κ3) is 9.47. The summed E-state index contributed by atoms with van der Waals surface area (Å²) in [6, 6.07) is 13.1. The maximum atomic E-state index is 16.5. The van der Waals surface area contributed by atoms with Crippen molar-refractivity contribution in [3.63, 3.8) is 0 Å². The van der Waals surface area contributed by atoms with Gasteiger partial charge in [0.15, 0.2) is 34.8 Å². The molecule has 412 valence electrons. The smallest absolute Gasteiger partial charge is 0.416 e. The summed E-state index contributed by atoms with van der Waals surface area (Å²) in [6.07, 6.45) is -5.12. The van der Waals surface area contributed by atoms with Gasteiger partial charge in [0, 0.05) is 26.3 Å². The lowest BCUT2D eigenvalue weighted by Gasteiger charge is -2.40. The summed E-state index contributed by atoms with van der Waals surface area (Å²) in [6.45, 7) is 0. The van der Waals surface area contributed by atoms with Crippen LogP contribution in [-0.2, 0) is 10.4 Å². The molecule has 0 saturated carbocycles. The summed E-state index contributed by atoms with van der Waals surface area (Å²) >= 11 is 0. The highest BCUT2D eigenvalue weighted by Gasteiger charge is 2.43. The molecular formula is C50H15F23O5S. The van der Waals surface area contributed by atoms with Crippen LogP contribution in [0.2, 0.25) is 0 Å². The van der Waals surface area contributed by atoms with Crippen molar-refractivity contribution in [2.75, 3.05) is 0 Å². The highest BCUT2D eigenvalue weighted by molar-refractivity contribution is 8.30. The van der Waals surface area contributed by atoms with Gasteiger partial charge in [-0.2, -0.15) is 39.5 Å². The molecule has 0 aliphatic carbocycles. The van der Waals surface area contributed by atoms with Gasteiger partial charge in [0.2, 0.25) is 116 Å². The summed E-state index contributed by atoms with van der Waals surface area (Å²) in [5.41, 5.74) is -8.98. The van der Waals surface area contributed by atoms with Gasteiger partial charge < -0.3 is 18.4 Å². The average molecular weight is 1160 g/mol. The molecule has 0 aliphatic heterocycles. The van der Waals surface area contributed by atoms with Gasteiger partial charge >= 0.3 is 12.1 Å². The van der Waals surface area contributed by atoms with Gasteiger partial charge in [0.25, 0.3) is 0 Å². The predicted octanol–water partition coefficient (Wildman–Crippen LogP) is 17.6. The van der Waals surface area contributed by atoms with Crippen molar-refractivity contribution in [2.45, 2.75) is 20.9 Å². The van der Waals surface area contributed by atoms with E-state index in [0.717, 1.165) is 24.3 Å². The van der Waals surface area contributed by atoms with Crippen molar-refractivity contribution in [3.8, 4) is 45.6 Å². The van der Waals surface area contributed by atoms with Gasteiger partial charge in [-0.1, -0.05) is 36.4 Å². The number of benzene rings is 8. The molecule has 29 heteroatoms. The van der Waals surface area contributed by atoms with Crippen molar-refractivity contribution in [3.05, 3.63) is 218 Å². The molecule has 0 unspecified atom stereocenters. The van der Waals surface area contributed by atoms with E-state index in [-0.39, 0.29) is 9.79 Å². The van der Waals surface area contributed by atoms with Crippen LogP contribution >= 0.6 is 10.3 Å². The third-order valence-corrected chi connectivity index (χ3v) is 14.1. The predicted molar refractivity (Wildman–Crippen MR) is 223 cm³/mol. The van der Waals surface area contributed by atoms with Gasteiger partial charge in [-0.05, 0) is 58.8 Å². The number of ether oxygens (including phenoxy) is 3. The number of carbonyl (C=O) groups excluding carboxylic acids is 1. The summed E-state index contributed by atoms with van der Waals surface area (Å²) in [5, 5.41) is 0. The van der Waals surface area contributed by atoms with E-state index in [4.69, 9.17) is 18.4 Å². The van der Waals surface area contributed by atoms with Crippen LogP contribution in [0.4, 0.5) is 101 Å². The Morgan fingerprint density at radius 3 is 0.987 bits per heavy atom. The second-order valence-electron chi connectivity index (χ2n) is 15.5. The van der Waals surface area contributed by atoms with Crippen LogP contribution in [0.1, 0.15) is 15.9 Å². The van der Waals surface area contributed by atoms with Crippen LogP contribution in [0.5, 0.6) is 34.5 Å². The molecule has 5 nitrogen and oxygen atoms in total. The van der Waals surface area contributed by atoms with Crippen molar-refractivity contribution in [1.29, 1.82) is 0 Å². The van der Waals surface area contributed by atoms with Crippen LogP contribution in [0.25, 0.3) is 11.1 Å². The van der Waals surface area contributed by atoms with E-state index in [1.54, 1.807) is 0 Å². The molecule has 0 amide bonds. The maximum absolute atomic E-state index is 16.5. The maximum Gasteiger partial charge on any atom is 0.416 e. The minimum absolute atomic E-state index is 0.339. The number of halogens is 23. The molecule has 0 heterocycles. The Hall–Kier alpha value is -8.63. The summed E-state index contributed by atoms with van der Waals surface area (Å²) < 4.78 is 367. The Bertz CT molecular complexity index is 3650. The van der Waals surface area contributed by atoms with Crippen molar-refractivity contribution >= 4 is 16.3 Å². The molecule has 8 aromatic carbocycles. The quantitative estimate of drug-likeness (QED) is 0.0693. The lowest BCUT2D eigenvalue weighted by molar-refractivity contribution is -0.137. The van der Waals surface area contributed by atoms with E-state index in [1.165, 1.54) is 36.4 Å². The number of hydrogen-bond acceptors (Lipinski definition) is 5. The number of hydrogen-bond donors (Lipinski definition) is 0. The van der Waals surface area contributed by atoms with Crippen LogP contribution in [0.3, 0.4) is 0 Å².